The topological polar surface area (TPSA) is 219 Å². The summed E-state index contributed by atoms with van der Waals surface area (Å²) < 4.78 is 72.1. The number of nitrogens with zero attached hydrogens (tertiary/aromatic N) is 4. The van der Waals surface area contributed by atoms with Gasteiger partial charge in [0.15, 0.2) is 0 Å². The van der Waals surface area contributed by atoms with Crippen LogP contribution >= 0.6 is 0 Å². The van der Waals surface area contributed by atoms with Crippen molar-refractivity contribution in [3.8, 4) is 11.5 Å². The summed E-state index contributed by atoms with van der Waals surface area (Å²) in [7, 11) is -7.71. The smallest absolute Gasteiger partial charge is 0.871 e. The van der Waals surface area contributed by atoms with Crippen LogP contribution in [-0.2, 0) is 20.2 Å². The first kappa shape index (κ1) is 36.5. The predicted molar refractivity (Wildman–Crippen MR) is 156 cm³/mol. The van der Waals surface area contributed by atoms with Gasteiger partial charge < -0.3 is 20.1 Å². The molecule has 0 fully saturated rings. The van der Waals surface area contributed by atoms with Crippen LogP contribution in [0.25, 0.3) is 21.5 Å². The van der Waals surface area contributed by atoms with Gasteiger partial charge >= 0.3 is 59.1 Å². The molecule has 5 rings (SSSR count). The Morgan fingerprint density at radius 2 is 1.38 bits per heavy atom. The Morgan fingerprint density at radius 1 is 0.733 bits per heavy atom. The van der Waals surface area contributed by atoms with Crippen LogP contribution in [0.5, 0.6) is 11.5 Å². The molecule has 0 amide bonds. The van der Waals surface area contributed by atoms with Crippen LogP contribution in [0, 0.1) is 6.92 Å². The number of azo groups is 2. The summed E-state index contributed by atoms with van der Waals surface area (Å²) in [6.07, 6.45) is 0. The number of hydrogen-bond acceptors (Lipinski definition) is 12. The maximum Gasteiger partial charge on any atom is 1.00 e. The second-order valence-corrected chi connectivity index (χ2v) is 12.1. The van der Waals surface area contributed by atoms with Gasteiger partial charge in [-0.2, -0.15) is 18.6 Å². The van der Waals surface area contributed by atoms with E-state index in [4.69, 9.17) is 10.5 Å². The monoisotopic (exact) mass is 665 g/mol. The zero-order valence-corrected chi connectivity index (χ0v) is 30.0. The maximum absolute atomic E-state index is 12.6. The zero-order valence-electron chi connectivity index (χ0n) is 24.4. The number of fused-ring (bicyclic) bond motifs is 2. The first-order chi connectivity index (χ1) is 20.3. The molecule has 0 saturated heterocycles. The SMILES string of the molecule is COc1cc(N=Nc2ccc(N)c3cc(S(=O)(=O)O)ccc23)c(C)cc1N=Nc1c([O-])ccc2cc(S(=O)(=O)[O-])ccc12.[Na+].[Na+]. The van der Waals surface area contributed by atoms with Gasteiger partial charge in [-0.15, -0.1) is 10.2 Å². The molecule has 0 atom stereocenters. The Kier molecular flexibility index (Phi) is 11.5. The van der Waals surface area contributed by atoms with Crippen molar-refractivity contribution in [2.24, 2.45) is 20.5 Å². The minimum absolute atomic E-state index is 0. The third-order valence-electron chi connectivity index (χ3n) is 6.53. The van der Waals surface area contributed by atoms with E-state index in [0.29, 0.717) is 38.5 Å². The molecule has 0 spiro atoms. The molecule has 17 heteroatoms. The summed E-state index contributed by atoms with van der Waals surface area (Å²) in [6.45, 7) is 1.74. The number of aryl methyl sites for hydroxylation is 1. The number of anilines is 1. The molecule has 3 N–H and O–H groups in total. The van der Waals surface area contributed by atoms with E-state index in [9.17, 15) is 31.0 Å². The van der Waals surface area contributed by atoms with E-state index in [1.807, 2.05) is 0 Å². The molecule has 0 aliphatic carbocycles. The van der Waals surface area contributed by atoms with Gasteiger partial charge in [0.2, 0.25) is 0 Å². The molecule has 0 aromatic heterocycles. The number of methoxy groups -OCH3 is 1. The predicted octanol–water partition coefficient (Wildman–Crippen LogP) is -0.0446. The second kappa shape index (κ2) is 14.2. The summed E-state index contributed by atoms with van der Waals surface area (Å²) in [6, 6.07) is 16.5. The van der Waals surface area contributed by atoms with Crippen molar-refractivity contribution in [2.75, 3.05) is 12.8 Å². The first-order valence-electron chi connectivity index (χ1n) is 12.3. The van der Waals surface area contributed by atoms with E-state index >= 15 is 0 Å². The van der Waals surface area contributed by atoms with Crippen LogP contribution < -0.4 is 74.7 Å². The van der Waals surface area contributed by atoms with Crippen LogP contribution in [0.15, 0.2) is 103 Å². The Bertz CT molecular complexity index is 2230. The van der Waals surface area contributed by atoms with E-state index < -0.39 is 30.9 Å². The van der Waals surface area contributed by atoms with Gasteiger partial charge in [0.25, 0.3) is 10.1 Å². The summed E-state index contributed by atoms with van der Waals surface area (Å²) in [5.41, 5.74) is 7.94. The van der Waals surface area contributed by atoms with Crippen LogP contribution in [-0.4, -0.2) is 33.1 Å². The molecule has 0 saturated carbocycles. The number of hydrogen-bond donors (Lipinski definition) is 2. The number of ether oxygens (including phenoxy) is 1. The Labute approximate surface area is 302 Å². The van der Waals surface area contributed by atoms with Crippen molar-refractivity contribution in [3.05, 3.63) is 78.4 Å². The normalized spacial score (nSPS) is 12.0. The van der Waals surface area contributed by atoms with Crippen LogP contribution in [0.1, 0.15) is 5.56 Å². The molecule has 13 nitrogen and oxygen atoms in total. The quantitative estimate of drug-likeness (QED) is 0.103. The number of nitrogens with two attached hydrogens (primary N) is 1. The van der Waals surface area contributed by atoms with E-state index in [1.54, 1.807) is 31.2 Å². The summed E-state index contributed by atoms with van der Waals surface area (Å²) in [4.78, 5) is -0.739. The molecule has 5 aromatic rings. The summed E-state index contributed by atoms with van der Waals surface area (Å²) in [5.74, 6) is -0.204. The molecule has 220 valence electrons. The average molecular weight is 666 g/mol. The van der Waals surface area contributed by atoms with Crippen LogP contribution in [0.2, 0.25) is 0 Å². The Hall–Kier alpha value is -2.96. The third-order valence-corrected chi connectivity index (χ3v) is 8.21. The molecule has 0 radical (unpaired) electrons. The van der Waals surface area contributed by atoms with Crippen molar-refractivity contribution < 1.29 is 94.9 Å². The van der Waals surface area contributed by atoms with E-state index in [0.717, 1.165) is 6.07 Å². The first-order valence-corrected chi connectivity index (χ1v) is 15.1. The molecule has 0 aliphatic rings. The zero-order chi connectivity index (χ0) is 31.1. The van der Waals surface area contributed by atoms with Crippen molar-refractivity contribution in [2.45, 2.75) is 16.7 Å². The van der Waals surface area contributed by atoms with Gasteiger partial charge in [0.1, 0.15) is 21.6 Å². The van der Waals surface area contributed by atoms with E-state index in [2.05, 4.69) is 20.5 Å². The molecule has 0 heterocycles. The van der Waals surface area contributed by atoms with Gasteiger partial charge in [-0.1, -0.05) is 30.0 Å². The third kappa shape index (κ3) is 7.89. The van der Waals surface area contributed by atoms with Crippen molar-refractivity contribution >= 4 is 70.2 Å². The minimum atomic E-state index is -4.68. The average Bonchev–Trinajstić information content (AvgIpc) is 2.95. The van der Waals surface area contributed by atoms with Gasteiger partial charge in [0.05, 0.1) is 34.0 Å². The fourth-order valence-electron chi connectivity index (χ4n) is 4.33. The molecular weight excluding hydrogens is 644 g/mol. The molecule has 0 aliphatic heterocycles. The maximum atomic E-state index is 12.6. The van der Waals surface area contributed by atoms with Crippen molar-refractivity contribution in [1.82, 2.24) is 0 Å². The summed E-state index contributed by atoms with van der Waals surface area (Å²) >= 11 is 0. The number of nitrogen functional groups attached to an aromatic ring is 1. The van der Waals surface area contributed by atoms with E-state index in [-0.39, 0.29) is 86.8 Å². The van der Waals surface area contributed by atoms with Crippen molar-refractivity contribution in [1.29, 1.82) is 0 Å². The Balaban J connectivity index is 0.00000276. The fourth-order valence-corrected chi connectivity index (χ4v) is 5.35. The largest absolute Gasteiger partial charge is 1.00 e. The van der Waals surface area contributed by atoms with Crippen LogP contribution in [0.3, 0.4) is 0 Å². The molecular formula is C28H21N5Na2O8S2. The van der Waals surface area contributed by atoms with Gasteiger partial charge in [-0.3, -0.25) is 4.55 Å². The van der Waals surface area contributed by atoms with Gasteiger partial charge in [-0.25, -0.2) is 8.42 Å². The standard InChI is InChI=1S/C28H23N5O8S2.2Na/c1-15-11-25(32-33-28-19-6-4-17(42(35,36)37)12-16(19)3-10-26(28)34)27(41-2)14-24(15)31-30-23-9-8-22(29)21-13-18(43(38,39)40)5-7-20(21)23;;/h3-14,34H,29H2,1-2H3,(H,35,36,37)(H,38,39,40);;/q;2*+1/p-2. The summed E-state index contributed by atoms with van der Waals surface area (Å²) in [5, 5.41) is 31.0. The number of benzene rings is 5. The second-order valence-electron chi connectivity index (χ2n) is 9.32. The fraction of sp³-hybridized carbons (Fsp3) is 0.0714. The van der Waals surface area contributed by atoms with Crippen molar-refractivity contribution in [3.63, 3.8) is 0 Å². The van der Waals surface area contributed by atoms with Crippen LogP contribution in [0.4, 0.5) is 28.4 Å². The minimum Gasteiger partial charge on any atom is -0.871 e. The van der Waals surface area contributed by atoms with Gasteiger partial charge in [0, 0.05) is 27.9 Å². The molecule has 0 unspecified atom stereocenters. The number of rotatable bonds is 7. The molecule has 5 aromatic carbocycles. The molecule has 0 bridgehead atoms. The van der Waals surface area contributed by atoms with E-state index in [1.165, 1.54) is 49.6 Å². The van der Waals surface area contributed by atoms with Gasteiger partial charge in [-0.05, 0) is 60.3 Å². The Morgan fingerprint density at radius 3 is 2.04 bits per heavy atom. The molecule has 45 heavy (non-hydrogen) atoms.